The van der Waals surface area contributed by atoms with Crippen LogP contribution >= 0.6 is 0 Å². The summed E-state index contributed by atoms with van der Waals surface area (Å²) >= 11 is 0. The highest BCUT2D eigenvalue weighted by Crippen LogP contribution is 2.58. The van der Waals surface area contributed by atoms with E-state index < -0.39 is 0 Å². The number of rotatable bonds is 1. The molecular formula is C16H24O2. The Morgan fingerprint density at radius 2 is 2.11 bits per heavy atom. The molecule has 1 aliphatic heterocycles. The Hall–Kier alpha value is -0.760. The minimum atomic E-state index is -0.0692. The van der Waals surface area contributed by atoms with E-state index in [0.717, 1.165) is 6.42 Å². The number of fused-ring (bicyclic) bond motifs is 2. The molecule has 0 N–H and O–H groups in total. The third-order valence-electron chi connectivity index (χ3n) is 5.48. The molecule has 0 spiro atoms. The number of ether oxygens (including phenoxy) is 2. The Balaban J connectivity index is 2.07. The fraction of sp³-hybridized carbons (Fsp3) is 0.750. The Morgan fingerprint density at radius 1 is 1.33 bits per heavy atom. The summed E-state index contributed by atoms with van der Waals surface area (Å²) in [5.41, 5.74) is 3.39. The zero-order chi connectivity index (χ0) is 12.9. The largest absolute Gasteiger partial charge is 0.469 e. The van der Waals surface area contributed by atoms with Gasteiger partial charge in [-0.05, 0) is 30.8 Å². The molecule has 0 saturated heterocycles. The highest BCUT2D eigenvalue weighted by molar-refractivity contribution is 5.40. The summed E-state index contributed by atoms with van der Waals surface area (Å²) in [6.45, 7) is 7.08. The molecule has 0 unspecified atom stereocenters. The van der Waals surface area contributed by atoms with E-state index in [4.69, 9.17) is 9.47 Å². The maximum Gasteiger partial charge on any atom is 0.205 e. The Bertz CT molecular complexity index is 421. The van der Waals surface area contributed by atoms with Gasteiger partial charge in [0, 0.05) is 24.9 Å². The van der Waals surface area contributed by atoms with E-state index >= 15 is 0 Å². The lowest BCUT2D eigenvalue weighted by molar-refractivity contribution is -0.0996. The normalized spacial score (nSPS) is 43.1. The van der Waals surface area contributed by atoms with Gasteiger partial charge in [0.25, 0.3) is 0 Å². The Labute approximate surface area is 110 Å². The number of allylic oxidation sites excluding steroid dienone is 3. The van der Waals surface area contributed by atoms with Crippen molar-refractivity contribution >= 4 is 0 Å². The van der Waals surface area contributed by atoms with Crippen LogP contribution in [-0.2, 0) is 9.47 Å². The molecule has 0 amide bonds. The van der Waals surface area contributed by atoms with Gasteiger partial charge in [0.15, 0.2) is 0 Å². The second-order valence-corrected chi connectivity index (χ2v) is 6.26. The predicted molar refractivity (Wildman–Crippen MR) is 71.9 cm³/mol. The molecule has 1 heterocycles. The molecule has 100 valence electrons. The summed E-state index contributed by atoms with van der Waals surface area (Å²) in [7, 11) is 1.75. The van der Waals surface area contributed by atoms with Gasteiger partial charge in [0.1, 0.15) is 5.76 Å². The number of hydrogen-bond donors (Lipinski definition) is 0. The van der Waals surface area contributed by atoms with Crippen molar-refractivity contribution in [3.8, 4) is 0 Å². The van der Waals surface area contributed by atoms with Crippen LogP contribution in [0.25, 0.3) is 0 Å². The minimum Gasteiger partial charge on any atom is -0.469 e. The lowest BCUT2D eigenvalue weighted by Gasteiger charge is -2.46. The quantitative estimate of drug-likeness (QED) is 0.652. The molecule has 4 atom stereocenters. The van der Waals surface area contributed by atoms with Crippen LogP contribution in [0, 0.1) is 17.3 Å². The van der Waals surface area contributed by atoms with E-state index in [-0.39, 0.29) is 11.7 Å². The zero-order valence-electron chi connectivity index (χ0n) is 12.0. The van der Waals surface area contributed by atoms with Crippen LogP contribution in [0.2, 0.25) is 0 Å². The average Bonchev–Trinajstić information content (AvgIpc) is 2.69. The zero-order valence-corrected chi connectivity index (χ0v) is 12.0. The molecule has 3 aliphatic rings. The van der Waals surface area contributed by atoms with Crippen molar-refractivity contribution < 1.29 is 9.47 Å². The summed E-state index contributed by atoms with van der Waals surface area (Å²) in [4.78, 5) is 0. The summed E-state index contributed by atoms with van der Waals surface area (Å²) in [5.74, 6) is 2.33. The molecule has 0 saturated carbocycles. The first-order chi connectivity index (χ1) is 8.59. The second-order valence-electron chi connectivity index (χ2n) is 6.26. The molecule has 2 aliphatic carbocycles. The van der Waals surface area contributed by atoms with E-state index in [0.29, 0.717) is 11.8 Å². The molecule has 0 aromatic heterocycles. The molecule has 2 heteroatoms. The van der Waals surface area contributed by atoms with Crippen molar-refractivity contribution in [2.24, 2.45) is 17.3 Å². The third kappa shape index (κ3) is 1.45. The molecule has 0 bridgehead atoms. The van der Waals surface area contributed by atoms with E-state index in [1.54, 1.807) is 12.7 Å². The van der Waals surface area contributed by atoms with Crippen LogP contribution in [0.1, 0.15) is 46.5 Å². The van der Waals surface area contributed by atoms with Crippen LogP contribution in [0.3, 0.4) is 0 Å². The monoisotopic (exact) mass is 248 g/mol. The maximum atomic E-state index is 6.02. The first-order valence-electron chi connectivity index (χ1n) is 7.21. The van der Waals surface area contributed by atoms with Gasteiger partial charge in [-0.1, -0.05) is 32.4 Å². The van der Waals surface area contributed by atoms with Crippen molar-refractivity contribution in [3.05, 3.63) is 23.0 Å². The topological polar surface area (TPSA) is 18.5 Å². The second kappa shape index (κ2) is 4.12. The van der Waals surface area contributed by atoms with E-state index in [2.05, 4.69) is 26.8 Å². The van der Waals surface area contributed by atoms with Gasteiger partial charge in [-0.2, -0.15) is 0 Å². The van der Waals surface area contributed by atoms with Gasteiger partial charge in [0.2, 0.25) is 6.29 Å². The van der Waals surface area contributed by atoms with E-state index in [1.807, 2.05) is 0 Å². The van der Waals surface area contributed by atoms with Gasteiger partial charge in [-0.25, -0.2) is 0 Å². The fourth-order valence-corrected chi connectivity index (χ4v) is 4.28. The Morgan fingerprint density at radius 3 is 2.83 bits per heavy atom. The minimum absolute atomic E-state index is 0.0692. The smallest absolute Gasteiger partial charge is 0.205 e. The van der Waals surface area contributed by atoms with Crippen molar-refractivity contribution in [1.82, 2.24) is 0 Å². The summed E-state index contributed by atoms with van der Waals surface area (Å²) in [5, 5.41) is 0. The molecule has 0 aromatic carbocycles. The molecule has 2 nitrogen and oxygen atoms in total. The molecule has 0 radical (unpaired) electrons. The first-order valence-corrected chi connectivity index (χ1v) is 7.21. The van der Waals surface area contributed by atoms with E-state index in [1.165, 1.54) is 30.6 Å². The SMILES string of the molecule is CO[C@@H]1OC2=C([C@H]1C)[C@@]1(C)C(=CCC[C@@H]1C)CC2. The third-order valence-corrected chi connectivity index (χ3v) is 5.48. The standard InChI is InChI=1S/C16H24O2/c1-10-6-5-7-12-8-9-13-14(16(10,12)3)11(2)15(17-4)18-13/h7,10-11,15H,5-6,8-9H2,1-4H3/t10-,11+,15+,16+/m0/s1. The lowest BCUT2D eigenvalue weighted by atomic mass is 9.57. The molecule has 0 aromatic rings. The number of methoxy groups -OCH3 is 1. The molecule has 3 rings (SSSR count). The number of hydrogen-bond acceptors (Lipinski definition) is 2. The molecule has 0 fully saturated rings. The first kappa shape index (κ1) is 12.3. The van der Waals surface area contributed by atoms with Gasteiger partial charge < -0.3 is 9.47 Å². The van der Waals surface area contributed by atoms with Gasteiger partial charge in [0.05, 0.1) is 0 Å². The van der Waals surface area contributed by atoms with Crippen LogP contribution in [-0.4, -0.2) is 13.4 Å². The van der Waals surface area contributed by atoms with Gasteiger partial charge in [-0.15, -0.1) is 0 Å². The Kier molecular flexibility index (Phi) is 2.81. The van der Waals surface area contributed by atoms with Crippen LogP contribution in [0.4, 0.5) is 0 Å². The van der Waals surface area contributed by atoms with Crippen LogP contribution in [0.15, 0.2) is 23.0 Å². The van der Waals surface area contributed by atoms with Crippen molar-refractivity contribution in [2.45, 2.75) is 52.7 Å². The summed E-state index contributed by atoms with van der Waals surface area (Å²) in [6, 6.07) is 0. The van der Waals surface area contributed by atoms with Crippen molar-refractivity contribution in [3.63, 3.8) is 0 Å². The van der Waals surface area contributed by atoms with Gasteiger partial charge in [-0.3, -0.25) is 0 Å². The highest BCUT2D eigenvalue weighted by Gasteiger charge is 2.50. The molecular weight excluding hydrogens is 224 g/mol. The predicted octanol–water partition coefficient (Wildman–Crippen LogP) is 4.04. The van der Waals surface area contributed by atoms with Crippen LogP contribution in [0.5, 0.6) is 0 Å². The summed E-state index contributed by atoms with van der Waals surface area (Å²) in [6.07, 6.45) is 7.19. The van der Waals surface area contributed by atoms with Crippen LogP contribution < -0.4 is 0 Å². The molecule has 18 heavy (non-hydrogen) atoms. The highest BCUT2D eigenvalue weighted by atomic mass is 16.7. The average molecular weight is 248 g/mol. The fourth-order valence-electron chi connectivity index (χ4n) is 4.28. The maximum absolute atomic E-state index is 6.02. The van der Waals surface area contributed by atoms with Crippen molar-refractivity contribution in [1.29, 1.82) is 0 Å². The summed E-state index contributed by atoms with van der Waals surface area (Å²) < 4.78 is 11.5. The van der Waals surface area contributed by atoms with Crippen molar-refractivity contribution in [2.75, 3.05) is 7.11 Å². The van der Waals surface area contributed by atoms with E-state index in [9.17, 15) is 0 Å². The lowest BCUT2D eigenvalue weighted by Crippen LogP contribution is -2.37. The van der Waals surface area contributed by atoms with Gasteiger partial charge >= 0.3 is 0 Å².